The molecule has 2 nitrogen and oxygen atoms in total. The molecule has 0 spiro atoms. The highest BCUT2D eigenvalue weighted by molar-refractivity contribution is 5.72. The van der Waals surface area contributed by atoms with Gasteiger partial charge in [-0.15, -0.1) is 0 Å². The number of hydrogen-bond donors (Lipinski definition) is 0. The fourth-order valence-electron chi connectivity index (χ4n) is 2.89. The number of allylic oxidation sites excluding steroid dienone is 3. The van der Waals surface area contributed by atoms with Crippen LogP contribution in [0.4, 0.5) is 0 Å². The van der Waals surface area contributed by atoms with Crippen LogP contribution >= 0.6 is 0 Å². The summed E-state index contributed by atoms with van der Waals surface area (Å²) in [5.74, 6) is 0.520. The SMILES string of the molecule is C=Cc1ccccc1C(=C)CCC(C)(COC)COC(=C)C(=C)C(=C)C(=C)C.CC.CC. The van der Waals surface area contributed by atoms with Crippen LogP contribution in [0.3, 0.4) is 0 Å². The predicted octanol–water partition coefficient (Wildman–Crippen LogP) is 9.05. The fraction of sp³-hybridized carbons (Fsp3) is 0.400. The van der Waals surface area contributed by atoms with Crippen LogP contribution in [0.25, 0.3) is 11.6 Å². The van der Waals surface area contributed by atoms with E-state index in [1.54, 1.807) is 7.11 Å². The summed E-state index contributed by atoms with van der Waals surface area (Å²) in [6, 6.07) is 8.16. The Bertz CT molecular complexity index is 782. The third-order valence-electron chi connectivity index (χ3n) is 4.90. The summed E-state index contributed by atoms with van der Waals surface area (Å²) in [4.78, 5) is 0. The van der Waals surface area contributed by atoms with Crippen LogP contribution in [0.2, 0.25) is 0 Å². The largest absolute Gasteiger partial charge is 0.493 e. The van der Waals surface area contributed by atoms with Gasteiger partial charge in [-0.2, -0.15) is 0 Å². The average Bonchev–Trinajstić information content (AvgIpc) is 2.82. The van der Waals surface area contributed by atoms with E-state index in [1.807, 2.05) is 52.8 Å². The molecule has 1 aromatic rings. The minimum absolute atomic E-state index is 0.186. The van der Waals surface area contributed by atoms with Crippen molar-refractivity contribution >= 4 is 11.6 Å². The molecule has 2 heteroatoms. The molecule has 1 atom stereocenters. The number of hydrogen-bond acceptors (Lipinski definition) is 2. The second-order valence-corrected chi connectivity index (χ2v) is 7.59. The Morgan fingerprint density at radius 3 is 2.00 bits per heavy atom. The van der Waals surface area contributed by atoms with E-state index >= 15 is 0 Å². The molecule has 178 valence electrons. The minimum atomic E-state index is -0.186. The van der Waals surface area contributed by atoms with Gasteiger partial charge in [0.15, 0.2) is 0 Å². The van der Waals surface area contributed by atoms with E-state index in [-0.39, 0.29) is 5.41 Å². The monoisotopic (exact) mass is 438 g/mol. The molecular weight excluding hydrogens is 392 g/mol. The van der Waals surface area contributed by atoms with Crippen LogP contribution < -0.4 is 0 Å². The molecule has 0 saturated carbocycles. The molecule has 32 heavy (non-hydrogen) atoms. The third kappa shape index (κ3) is 10.6. The lowest BCUT2D eigenvalue weighted by Gasteiger charge is -2.30. The fourth-order valence-corrected chi connectivity index (χ4v) is 2.89. The van der Waals surface area contributed by atoms with Gasteiger partial charge in [0.1, 0.15) is 5.76 Å². The average molecular weight is 439 g/mol. The van der Waals surface area contributed by atoms with Gasteiger partial charge >= 0.3 is 0 Å². The first kappa shape index (κ1) is 31.6. The molecule has 0 N–H and O–H groups in total. The van der Waals surface area contributed by atoms with Gasteiger partial charge in [0.05, 0.1) is 13.2 Å². The van der Waals surface area contributed by atoms with E-state index in [0.29, 0.717) is 24.5 Å². The second-order valence-electron chi connectivity index (χ2n) is 7.59. The second kappa shape index (κ2) is 17.0. The third-order valence-corrected chi connectivity index (χ3v) is 4.90. The first-order valence-electron chi connectivity index (χ1n) is 11.4. The number of benzene rings is 1. The minimum Gasteiger partial charge on any atom is -0.493 e. The highest BCUT2D eigenvalue weighted by atomic mass is 16.5. The first-order valence-corrected chi connectivity index (χ1v) is 11.4. The Kier molecular flexibility index (Phi) is 16.8. The zero-order chi connectivity index (χ0) is 25.3. The Morgan fingerprint density at radius 2 is 1.50 bits per heavy atom. The Labute approximate surface area is 198 Å². The van der Waals surface area contributed by atoms with Gasteiger partial charge in [-0.3, -0.25) is 0 Å². The van der Waals surface area contributed by atoms with Gasteiger partial charge in [-0.05, 0) is 42.0 Å². The van der Waals surface area contributed by atoms with E-state index in [9.17, 15) is 0 Å². The molecule has 0 bridgehead atoms. The summed E-state index contributed by atoms with van der Waals surface area (Å²) in [6.45, 7) is 37.1. The van der Waals surface area contributed by atoms with Crippen molar-refractivity contribution in [3.8, 4) is 0 Å². The molecule has 0 aromatic heterocycles. The highest BCUT2D eigenvalue weighted by Gasteiger charge is 2.26. The Hall–Kier alpha value is -2.58. The topological polar surface area (TPSA) is 18.5 Å². The molecule has 0 saturated heterocycles. The maximum atomic E-state index is 5.95. The normalized spacial score (nSPS) is 11.3. The molecule has 0 aliphatic rings. The maximum Gasteiger partial charge on any atom is 0.119 e. The zero-order valence-electron chi connectivity index (χ0n) is 21.8. The highest BCUT2D eigenvalue weighted by Crippen LogP contribution is 2.32. The molecule has 1 aromatic carbocycles. The van der Waals surface area contributed by atoms with Crippen molar-refractivity contribution < 1.29 is 9.47 Å². The van der Waals surface area contributed by atoms with Crippen molar-refractivity contribution in [2.45, 2.75) is 54.4 Å². The van der Waals surface area contributed by atoms with Crippen molar-refractivity contribution in [2.75, 3.05) is 20.3 Å². The predicted molar refractivity (Wildman–Crippen MR) is 146 cm³/mol. The quantitative estimate of drug-likeness (QED) is 0.226. The van der Waals surface area contributed by atoms with Crippen LogP contribution in [-0.4, -0.2) is 20.3 Å². The summed E-state index contributed by atoms with van der Waals surface area (Å²) < 4.78 is 11.4. The summed E-state index contributed by atoms with van der Waals surface area (Å²) in [5.41, 5.74) is 5.41. The van der Waals surface area contributed by atoms with Gasteiger partial charge in [0, 0.05) is 18.1 Å². The number of rotatable bonds is 13. The summed E-state index contributed by atoms with van der Waals surface area (Å²) in [6.07, 6.45) is 3.56. The van der Waals surface area contributed by atoms with Gasteiger partial charge in [0.2, 0.25) is 0 Å². The van der Waals surface area contributed by atoms with Gasteiger partial charge in [-0.1, -0.05) is 110 Å². The number of ether oxygens (including phenoxy) is 2. The molecule has 0 aliphatic carbocycles. The van der Waals surface area contributed by atoms with Crippen LogP contribution in [-0.2, 0) is 9.47 Å². The molecule has 0 radical (unpaired) electrons. The molecule has 1 unspecified atom stereocenters. The number of methoxy groups -OCH3 is 1. The van der Waals surface area contributed by atoms with Crippen LogP contribution in [0.5, 0.6) is 0 Å². The van der Waals surface area contributed by atoms with Crippen molar-refractivity contribution in [2.24, 2.45) is 5.41 Å². The van der Waals surface area contributed by atoms with Gasteiger partial charge in [-0.25, -0.2) is 0 Å². The van der Waals surface area contributed by atoms with E-state index in [0.717, 1.165) is 40.7 Å². The van der Waals surface area contributed by atoms with Gasteiger partial charge < -0.3 is 9.47 Å². The van der Waals surface area contributed by atoms with E-state index in [2.05, 4.69) is 58.5 Å². The van der Waals surface area contributed by atoms with Crippen LogP contribution in [0, 0.1) is 5.41 Å². The summed E-state index contributed by atoms with van der Waals surface area (Å²) >= 11 is 0. The molecule has 0 fully saturated rings. The van der Waals surface area contributed by atoms with E-state index < -0.39 is 0 Å². The molecule has 0 heterocycles. The lowest BCUT2D eigenvalue weighted by molar-refractivity contribution is 0.0250. The maximum absolute atomic E-state index is 5.95. The smallest absolute Gasteiger partial charge is 0.119 e. The first-order chi connectivity index (χ1) is 15.1. The molecule has 0 amide bonds. The zero-order valence-corrected chi connectivity index (χ0v) is 21.8. The summed E-state index contributed by atoms with van der Waals surface area (Å²) in [7, 11) is 1.71. The lowest BCUT2D eigenvalue weighted by atomic mass is 9.84. The molecular formula is C30H46O2. The van der Waals surface area contributed by atoms with Crippen LogP contribution in [0.1, 0.15) is 65.5 Å². The Morgan fingerprint density at radius 1 is 0.938 bits per heavy atom. The summed E-state index contributed by atoms with van der Waals surface area (Å²) in [5, 5.41) is 0. The van der Waals surface area contributed by atoms with Crippen molar-refractivity contribution in [3.63, 3.8) is 0 Å². The van der Waals surface area contributed by atoms with Crippen molar-refractivity contribution in [1.82, 2.24) is 0 Å². The van der Waals surface area contributed by atoms with Crippen molar-refractivity contribution in [3.05, 3.63) is 97.3 Å². The Balaban J connectivity index is 0. The van der Waals surface area contributed by atoms with E-state index in [1.165, 1.54) is 0 Å². The molecule has 0 aliphatic heterocycles. The standard InChI is InChI=1S/C26H34O2.2C2H6/c1-10-24-13-11-12-14-25(24)20(4)15-16-26(8,17-27-9)18-28-23(7)22(6)21(5)19(2)3;2*1-2/h10-14H,1-2,4-7,15-18H2,3,8-9H3;2*1-2H3. The lowest BCUT2D eigenvalue weighted by Crippen LogP contribution is -2.29. The van der Waals surface area contributed by atoms with E-state index in [4.69, 9.17) is 9.47 Å². The van der Waals surface area contributed by atoms with Gasteiger partial charge in [0.25, 0.3) is 0 Å². The van der Waals surface area contributed by atoms with Crippen LogP contribution in [0.15, 0.2) is 86.2 Å². The molecule has 1 rings (SSSR count). The van der Waals surface area contributed by atoms with Crippen molar-refractivity contribution in [1.29, 1.82) is 0 Å².